The maximum absolute atomic E-state index is 8.88. The summed E-state index contributed by atoms with van der Waals surface area (Å²) in [6.07, 6.45) is 0. The summed E-state index contributed by atoms with van der Waals surface area (Å²) in [5.41, 5.74) is 0. The molecule has 0 aromatic rings. The summed E-state index contributed by atoms with van der Waals surface area (Å²) >= 11 is 0. The fraction of sp³-hybridized carbons (Fsp3) is 0. The molecule has 0 fully saturated rings. The Bertz CT molecular complexity index is 733. The Kier molecular flexibility index (Phi) is 43.5. The molecule has 288 valence electrons. The number of hydrogen-bond donors (Lipinski definition) is 27. The lowest BCUT2D eigenvalue weighted by Gasteiger charge is -1.82. The van der Waals surface area contributed by atoms with Crippen LogP contribution in [0.2, 0.25) is 0 Å². The summed E-state index contributed by atoms with van der Waals surface area (Å²) < 4.78 is 79.9. The Labute approximate surface area is 244 Å². The molecule has 0 spiro atoms. The van der Waals surface area contributed by atoms with Crippen LogP contribution in [0.15, 0.2) is 0 Å². The second-order valence-corrected chi connectivity index (χ2v) is 13.9. The molecule has 0 saturated heterocycles. The quantitative estimate of drug-likeness (QED) is 0.100. The van der Waals surface area contributed by atoms with E-state index in [1.165, 1.54) is 0 Å². The molecule has 27 N–H and O–H groups in total. The zero-order valence-electron chi connectivity index (χ0n) is 19.8. The van der Waals surface area contributed by atoms with Crippen LogP contribution < -0.4 is 0 Å². The van der Waals surface area contributed by atoms with Crippen LogP contribution in [-0.2, 0) is 41.1 Å². The predicted molar refractivity (Wildman–Crippen MR) is 128 cm³/mol. The third kappa shape index (κ3) is 84800. The minimum absolute atomic E-state index is 4.64. The van der Waals surface area contributed by atoms with Crippen molar-refractivity contribution >= 4 is 70.4 Å². The summed E-state index contributed by atoms with van der Waals surface area (Å²) in [4.78, 5) is 194. The first-order valence-electron chi connectivity index (χ1n) is 7.04. The minimum Gasteiger partial charge on any atom is -0.303 e. The van der Waals surface area contributed by atoms with Crippen LogP contribution in [0.25, 0.3) is 0 Å². The van der Waals surface area contributed by atoms with E-state index in [4.69, 9.17) is 173 Å². The average Bonchev–Trinajstić information content (AvgIpc) is 2.26. The molecule has 0 aliphatic carbocycles. The fourth-order valence-electron chi connectivity index (χ4n) is 0. The molecule has 0 aliphatic heterocycles. The van der Waals surface area contributed by atoms with E-state index in [0.717, 1.165) is 0 Å². The lowest BCUT2D eigenvalue weighted by Crippen LogP contribution is -1.66. The number of phosphoric acid groups is 9. The van der Waals surface area contributed by atoms with Crippen molar-refractivity contribution in [1.29, 1.82) is 0 Å². The SMILES string of the molecule is O=P(O)(O)O.O=P(O)(O)O.O=P(O)(O)O.O=P(O)(O)O.O=P(O)(O)O.O=P(O)(O)O.O=P(O)(O)O.O=P(O)(O)O.O=P(O)(O)O. The smallest absolute Gasteiger partial charge is 0.303 e. The highest BCUT2D eigenvalue weighted by Gasteiger charge is 2.03. The molecule has 45 heavy (non-hydrogen) atoms. The largest absolute Gasteiger partial charge is 0.466 e. The van der Waals surface area contributed by atoms with Crippen molar-refractivity contribution in [1.82, 2.24) is 0 Å². The predicted octanol–water partition coefficient (Wildman–Crippen LogP) is -8.36. The zero-order valence-corrected chi connectivity index (χ0v) is 27.8. The summed E-state index contributed by atoms with van der Waals surface area (Å²) in [5, 5.41) is 0. The molecule has 0 bridgehead atoms. The topological polar surface area (TPSA) is 700 Å². The van der Waals surface area contributed by atoms with Gasteiger partial charge in [-0.05, 0) is 0 Å². The van der Waals surface area contributed by atoms with Gasteiger partial charge < -0.3 is 132 Å². The second kappa shape index (κ2) is 28.8. The first-order valence-corrected chi connectivity index (χ1v) is 21.1. The fourth-order valence-corrected chi connectivity index (χ4v) is 0. The third-order valence-corrected chi connectivity index (χ3v) is 0. The van der Waals surface area contributed by atoms with Gasteiger partial charge >= 0.3 is 70.4 Å². The zero-order chi connectivity index (χ0) is 40.5. The van der Waals surface area contributed by atoms with Crippen LogP contribution >= 0.6 is 70.4 Å². The molecule has 0 saturated carbocycles. The van der Waals surface area contributed by atoms with Gasteiger partial charge in [0.2, 0.25) is 0 Å². The first-order chi connectivity index (χ1) is 18.0. The molecule has 0 aromatic carbocycles. The van der Waals surface area contributed by atoms with Crippen LogP contribution in [0.5, 0.6) is 0 Å². The van der Waals surface area contributed by atoms with Gasteiger partial charge in [-0.3, -0.25) is 0 Å². The van der Waals surface area contributed by atoms with Gasteiger partial charge in [0.25, 0.3) is 0 Å². The van der Waals surface area contributed by atoms with Crippen molar-refractivity contribution in [2.75, 3.05) is 0 Å². The summed E-state index contributed by atoms with van der Waals surface area (Å²) in [7, 11) is -41.8. The van der Waals surface area contributed by atoms with Gasteiger partial charge in [-0.2, -0.15) is 0 Å². The molecule has 0 radical (unpaired) electrons. The van der Waals surface area contributed by atoms with E-state index in [-0.39, 0.29) is 0 Å². The molecule has 0 heterocycles. The van der Waals surface area contributed by atoms with Gasteiger partial charge in [-0.15, -0.1) is 0 Å². The molecular weight excluding hydrogens is 855 g/mol. The highest BCUT2D eigenvalue weighted by Crippen LogP contribution is 2.29. The van der Waals surface area contributed by atoms with Crippen molar-refractivity contribution in [3.8, 4) is 0 Å². The van der Waals surface area contributed by atoms with Gasteiger partial charge in [0.05, 0.1) is 0 Å². The second-order valence-electron chi connectivity index (χ2n) is 4.62. The highest BCUT2D eigenvalue weighted by atomic mass is 31.2. The van der Waals surface area contributed by atoms with E-state index in [1.54, 1.807) is 0 Å². The molecule has 0 aromatic heterocycles. The van der Waals surface area contributed by atoms with Gasteiger partial charge in [-0.1, -0.05) is 0 Å². The molecular formula is H27O36P9. The lowest BCUT2D eigenvalue weighted by molar-refractivity contribution is 0.272. The molecule has 36 nitrogen and oxygen atoms in total. The molecule has 0 aliphatic rings. The minimum atomic E-state index is -4.64. The monoisotopic (exact) mass is 882 g/mol. The molecule has 45 heteroatoms. The van der Waals surface area contributed by atoms with Crippen LogP contribution in [-0.4, -0.2) is 132 Å². The van der Waals surface area contributed by atoms with Gasteiger partial charge in [0, 0.05) is 0 Å². The summed E-state index contributed by atoms with van der Waals surface area (Å²) in [6.45, 7) is 0. The van der Waals surface area contributed by atoms with Crippen LogP contribution in [0.3, 0.4) is 0 Å². The maximum atomic E-state index is 8.88. The van der Waals surface area contributed by atoms with Crippen molar-refractivity contribution in [2.24, 2.45) is 0 Å². The van der Waals surface area contributed by atoms with E-state index >= 15 is 0 Å². The molecule has 0 amide bonds. The molecule has 0 rings (SSSR count). The molecule has 0 atom stereocenters. The Balaban J connectivity index is -0.0000000463. The Hall–Kier alpha value is 0.990. The Morgan fingerprint density at radius 3 is 0.133 bits per heavy atom. The lowest BCUT2D eigenvalue weighted by atomic mass is 15.8. The van der Waals surface area contributed by atoms with E-state index in [1.807, 2.05) is 0 Å². The standard InChI is InChI=1S/9H3O4P/c9*1-5(2,3)4/h9*(H3,1,2,3,4). The first kappa shape index (κ1) is 68.0. The van der Waals surface area contributed by atoms with Crippen LogP contribution in [0, 0.1) is 0 Å². The summed E-state index contributed by atoms with van der Waals surface area (Å²) in [5.74, 6) is 0. The molecule has 0 unspecified atom stereocenters. The van der Waals surface area contributed by atoms with E-state index in [2.05, 4.69) is 0 Å². The van der Waals surface area contributed by atoms with E-state index in [9.17, 15) is 0 Å². The van der Waals surface area contributed by atoms with Gasteiger partial charge in [0.1, 0.15) is 0 Å². The number of hydrogen-bond acceptors (Lipinski definition) is 9. The van der Waals surface area contributed by atoms with E-state index < -0.39 is 70.4 Å². The van der Waals surface area contributed by atoms with Crippen molar-refractivity contribution in [3.05, 3.63) is 0 Å². The van der Waals surface area contributed by atoms with Crippen LogP contribution in [0.4, 0.5) is 0 Å². The van der Waals surface area contributed by atoms with E-state index in [0.29, 0.717) is 0 Å². The van der Waals surface area contributed by atoms with Crippen molar-refractivity contribution in [3.63, 3.8) is 0 Å². The van der Waals surface area contributed by atoms with Gasteiger partial charge in [-0.25, -0.2) is 41.1 Å². The normalized spacial score (nSPS) is 11.8. The Morgan fingerprint density at radius 1 is 0.133 bits per heavy atom. The number of rotatable bonds is 0. The summed E-state index contributed by atoms with van der Waals surface area (Å²) in [6, 6.07) is 0. The Morgan fingerprint density at radius 2 is 0.133 bits per heavy atom. The van der Waals surface area contributed by atoms with Crippen LogP contribution in [0.1, 0.15) is 0 Å². The van der Waals surface area contributed by atoms with Crippen molar-refractivity contribution in [2.45, 2.75) is 0 Å². The highest BCUT2D eigenvalue weighted by molar-refractivity contribution is 7.47. The average molecular weight is 882 g/mol. The maximum Gasteiger partial charge on any atom is 0.466 e. The van der Waals surface area contributed by atoms with Gasteiger partial charge in [0.15, 0.2) is 0 Å². The third-order valence-electron chi connectivity index (χ3n) is 0. The van der Waals surface area contributed by atoms with Crippen molar-refractivity contribution < 1.29 is 173 Å².